The molecular weight excluding hydrogens is 500 g/mol. The quantitative estimate of drug-likeness (QED) is 0.395. The molecule has 2 aromatic carbocycles. The number of halogens is 2. The molecular formula is C21H26Br2N4O2. The second-order valence-electron chi connectivity index (χ2n) is 6.77. The van der Waals surface area contributed by atoms with Gasteiger partial charge in [0.25, 0.3) is 0 Å². The van der Waals surface area contributed by atoms with Crippen LogP contribution in [0.4, 0.5) is 11.4 Å². The fourth-order valence-electron chi connectivity index (χ4n) is 3.45. The van der Waals surface area contributed by atoms with Gasteiger partial charge in [-0.25, -0.2) is 0 Å². The summed E-state index contributed by atoms with van der Waals surface area (Å²) in [5, 5.41) is 0. The normalized spacial score (nSPS) is 19.7. The molecule has 0 spiro atoms. The zero-order chi connectivity index (χ0) is 18.6. The van der Waals surface area contributed by atoms with E-state index in [1.54, 1.807) is 14.2 Å². The lowest BCUT2D eigenvalue weighted by Gasteiger charge is -2.23. The molecule has 2 aromatic rings. The van der Waals surface area contributed by atoms with Gasteiger partial charge in [-0.15, -0.1) is 0 Å². The van der Waals surface area contributed by atoms with Crippen LogP contribution >= 0.6 is 0 Å². The number of benzene rings is 2. The molecule has 2 aliphatic rings. The molecule has 2 atom stereocenters. The Morgan fingerprint density at radius 2 is 1.07 bits per heavy atom. The lowest BCUT2D eigenvalue weighted by atomic mass is 10.3. The van der Waals surface area contributed by atoms with Gasteiger partial charge in [-0.2, -0.15) is 0 Å². The molecule has 8 heteroatoms. The number of nitrogens with zero attached hydrogens (tertiary/aromatic N) is 2. The topological polar surface area (TPSA) is 33.8 Å². The van der Waals surface area contributed by atoms with Gasteiger partial charge < -0.3 is 53.2 Å². The largest absolute Gasteiger partial charge is 1.00 e. The summed E-state index contributed by atoms with van der Waals surface area (Å²) in [6.45, 7) is 2.73. The maximum atomic E-state index is 5.24. The van der Waals surface area contributed by atoms with Gasteiger partial charge in [0.15, 0.2) is 13.3 Å². The molecule has 2 heterocycles. The van der Waals surface area contributed by atoms with Gasteiger partial charge in [-0.3, -0.25) is 9.80 Å². The molecule has 0 radical (unpaired) electrons. The fraction of sp³-hybridized carbons (Fsp3) is 0.238. The lowest BCUT2D eigenvalue weighted by Crippen LogP contribution is -3.02. The van der Waals surface area contributed by atoms with Crippen molar-refractivity contribution in [2.75, 3.05) is 34.2 Å². The van der Waals surface area contributed by atoms with Crippen molar-refractivity contribution in [2.24, 2.45) is 0 Å². The second kappa shape index (κ2) is 10.7. The minimum absolute atomic E-state index is 0. The Bertz CT molecular complexity index is 758. The van der Waals surface area contributed by atoms with Crippen LogP contribution in [0.2, 0.25) is 0 Å². The highest BCUT2D eigenvalue weighted by molar-refractivity contribution is 5.37. The van der Waals surface area contributed by atoms with E-state index in [1.165, 1.54) is 21.2 Å². The molecule has 0 aliphatic carbocycles. The van der Waals surface area contributed by atoms with E-state index in [1.807, 2.05) is 24.3 Å². The SMILES string of the molecule is COc1ccc([NH+]2C=CN(CN3C=C[NH+](c4ccc(OC)cc4)C3)C2)cc1.[Br-].[Br-]. The summed E-state index contributed by atoms with van der Waals surface area (Å²) < 4.78 is 10.5. The Morgan fingerprint density at radius 3 is 1.41 bits per heavy atom. The van der Waals surface area contributed by atoms with Gasteiger partial charge in [-0.1, -0.05) is 0 Å². The number of methoxy groups -OCH3 is 2. The van der Waals surface area contributed by atoms with Gasteiger partial charge in [0, 0.05) is 24.3 Å². The average molecular weight is 526 g/mol. The molecule has 0 amide bonds. The Hall–Kier alpha value is -2.00. The van der Waals surface area contributed by atoms with Gasteiger partial charge in [0.1, 0.15) is 41.9 Å². The van der Waals surface area contributed by atoms with Crippen LogP contribution in [-0.2, 0) is 0 Å². The third-order valence-electron chi connectivity index (χ3n) is 5.00. The average Bonchev–Trinajstić information content (AvgIpc) is 3.38. The van der Waals surface area contributed by atoms with E-state index < -0.39 is 0 Å². The van der Waals surface area contributed by atoms with E-state index in [9.17, 15) is 0 Å². The summed E-state index contributed by atoms with van der Waals surface area (Å²) in [5.41, 5.74) is 2.49. The second-order valence-corrected chi connectivity index (χ2v) is 6.77. The zero-order valence-electron chi connectivity index (χ0n) is 16.5. The summed E-state index contributed by atoms with van der Waals surface area (Å²) in [6.07, 6.45) is 8.77. The molecule has 0 saturated heterocycles. The van der Waals surface area contributed by atoms with Crippen LogP contribution in [0.25, 0.3) is 0 Å². The first-order valence-corrected chi connectivity index (χ1v) is 9.10. The van der Waals surface area contributed by atoms with Crippen LogP contribution in [0.5, 0.6) is 11.5 Å². The van der Waals surface area contributed by atoms with Gasteiger partial charge in [0.2, 0.25) is 0 Å². The predicted octanol–water partition coefficient (Wildman–Crippen LogP) is -5.11. The molecule has 2 unspecified atom stereocenters. The van der Waals surface area contributed by atoms with Crippen LogP contribution < -0.4 is 53.2 Å². The number of quaternary nitrogens is 2. The third-order valence-corrected chi connectivity index (χ3v) is 5.00. The molecule has 0 bridgehead atoms. The van der Waals surface area contributed by atoms with Crippen molar-refractivity contribution in [3.05, 3.63) is 73.3 Å². The fourth-order valence-corrected chi connectivity index (χ4v) is 3.45. The smallest absolute Gasteiger partial charge is 0.163 e. The van der Waals surface area contributed by atoms with E-state index in [2.05, 4.69) is 58.9 Å². The first-order chi connectivity index (χ1) is 13.2. The van der Waals surface area contributed by atoms with E-state index in [4.69, 9.17) is 9.47 Å². The highest BCUT2D eigenvalue weighted by Crippen LogP contribution is 2.14. The van der Waals surface area contributed by atoms with Crippen molar-refractivity contribution in [1.29, 1.82) is 0 Å². The first-order valence-electron chi connectivity index (χ1n) is 9.10. The summed E-state index contributed by atoms with van der Waals surface area (Å²) in [6, 6.07) is 16.5. The summed E-state index contributed by atoms with van der Waals surface area (Å²) in [4.78, 5) is 7.34. The molecule has 2 aliphatic heterocycles. The van der Waals surface area contributed by atoms with Crippen LogP contribution in [-0.4, -0.2) is 44.0 Å². The van der Waals surface area contributed by atoms with Crippen LogP contribution in [0.1, 0.15) is 0 Å². The van der Waals surface area contributed by atoms with Crippen molar-refractivity contribution >= 4 is 11.4 Å². The first kappa shape index (κ1) is 23.3. The van der Waals surface area contributed by atoms with Gasteiger partial charge >= 0.3 is 0 Å². The highest BCUT2D eigenvalue weighted by atomic mass is 79.9. The Labute approximate surface area is 193 Å². The minimum Gasteiger partial charge on any atom is -1.00 e. The molecule has 4 rings (SSSR count). The molecule has 0 fully saturated rings. The van der Waals surface area contributed by atoms with Crippen molar-refractivity contribution in [3.8, 4) is 11.5 Å². The maximum absolute atomic E-state index is 5.24. The monoisotopic (exact) mass is 524 g/mol. The Balaban J connectivity index is 0.00000150. The van der Waals surface area contributed by atoms with Crippen molar-refractivity contribution in [1.82, 2.24) is 9.80 Å². The Kier molecular flexibility index (Phi) is 8.58. The summed E-state index contributed by atoms with van der Waals surface area (Å²) in [7, 11) is 3.39. The van der Waals surface area contributed by atoms with Crippen LogP contribution in [0, 0.1) is 0 Å². The zero-order valence-corrected chi connectivity index (χ0v) is 19.7. The lowest BCUT2D eigenvalue weighted by molar-refractivity contribution is -0.782. The number of rotatable bonds is 6. The summed E-state index contributed by atoms with van der Waals surface area (Å²) >= 11 is 0. The molecule has 0 saturated carbocycles. The molecule has 2 N–H and O–H groups in total. The van der Waals surface area contributed by atoms with E-state index in [0.29, 0.717) is 0 Å². The molecule has 29 heavy (non-hydrogen) atoms. The number of hydrogen-bond acceptors (Lipinski definition) is 4. The summed E-state index contributed by atoms with van der Waals surface area (Å²) in [5.74, 6) is 1.78. The van der Waals surface area contributed by atoms with Crippen molar-refractivity contribution in [2.45, 2.75) is 0 Å². The predicted molar refractivity (Wildman–Crippen MR) is 104 cm³/mol. The molecule has 156 valence electrons. The van der Waals surface area contributed by atoms with Crippen LogP contribution in [0.15, 0.2) is 73.3 Å². The number of ether oxygens (including phenoxy) is 2. The van der Waals surface area contributed by atoms with Crippen molar-refractivity contribution in [3.63, 3.8) is 0 Å². The number of hydrogen-bond donors (Lipinski definition) is 2. The van der Waals surface area contributed by atoms with Gasteiger partial charge in [-0.05, 0) is 24.3 Å². The Morgan fingerprint density at radius 1 is 0.690 bits per heavy atom. The van der Waals surface area contributed by atoms with Crippen LogP contribution in [0.3, 0.4) is 0 Å². The van der Waals surface area contributed by atoms with Gasteiger partial charge in [0.05, 0.1) is 26.6 Å². The minimum atomic E-state index is 0. The van der Waals surface area contributed by atoms with E-state index in [-0.39, 0.29) is 34.0 Å². The third kappa shape index (κ3) is 5.54. The highest BCUT2D eigenvalue weighted by Gasteiger charge is 2.24. The molecule has 0 aromatic heterocycles. The maximum Gasteiger partial charge on any atom is 0.163 e. The van der Waals surface area contributed by atoms with E-state index >= 15 is 0 Å². The van der Waals surface area contributed by atoms with E-state index in [0.717, 1.165) is 31.5 Å². The number of nitrogens with one attached hydrogen (secondary N) is 2. The standard InChI is InChI=1S/C21H24N4O2.2BrH/c1-26-20-7-3-18(4-8-20)24-13-11-22(16-24)15-23-12-14-25(17-23)19-5-9-21(27-2)10-6-19;;/h3-14H,15-17H2,1-2H3;2*1H. The van der Waals surface area contributed by atoms with Crippen molar-refractivity contribution < 1.29 is 53.2 Å². The molecule has 6 nitrogen and oxygen atoms in total.